The monoisotopic (exact) mass is 491 g/mol. The zero-order valence-electron chi connectivity index (χ0n) is 17.0. The number of hydrogen-bond donors (Lipinski definition) is 1. The molecule has 2 rings (SSSR count). The molecule has 1 heterocycles. The molecule has 1 fully saturated rings. The van der Waals surface area contributed by atoms with Crippen LogP contribution in [0, 0.1) is 5.92 Å². The third-order valence-electron chi connectivity index (χ3n) is 4.43. The molecule has 1 saturated heterocycles. The summed E-state index contributed by atoms with van der Waals surface area (Å²) in [4.78, 5) is 6.58. The van der Waals surface area contributed by atoms with Gasteiger partial charge >= 0.3 is 0 Å². The van der Waals surface area contributed by atoms with Crippen LogP contribution in [0.1, 0.15) is 25.8 Å². The molecule has 1 aromatic carbocycles. The minimum atomic E-state index is 0. The summed E-state index contributed by atoms with van der Waals surface area (Å²) in [5.41, 5.74) is 1.21. The Morgan fingerprint density at radius 2 is 2.00 bits per heavy atom. The molecule has 6 nitrogen and oxygen atoms in total. The van der Waals surface area contributed by atoms with E-state index in [1.807, 2.05) is 27.0 Å². The first-order chi connectivity index (χ1) is 12.7. The van der Waals surface area contributed by atoms with Gasteiger partial charge in [0.1, 0.15) is 0 Å². The Morgan fingerprint density at radius 3 is 2.63 bits per heavy atom. The van der Waals surface area contributed by atoms with E-state index in [0.29, 0.717) is 19.1 Å². The molecule has 0 bridgehead atoms. The topological polar surface area (TPSA) is 55.3 Å². The van der Waals surface area contributed by atoms with E-state index in [1.54, 1.807) is 0 Å². The minimum Gasteiger partial charge on any atom is -0.490 e. The zero-order chi connectivity index (χ0) is 18.8. The van der Waals surface area contributed by atoms with Crippen molar-refractivity contribution in [3.05, 3.63) is 23.8 Å². The Labute approximate surface area is 180 Å². The van der Waals surface area contributed by atoms with Crippen molar-refractivity contribution in [2.75, 3.05) is 53.6 Å². The number of ether oxygens (including phenoxy) is 3. The molecule has 1 atom stereocenters. The van der Waals surface area contributed by atoms with Gasteiger partial charge in [0.2, 0.25) is 0 Å². The van der Waals surface area contributed by atoms with E-state index in [4.69, 9.17) is 14.2 Å². The number of benzene rings is 1. The van der Waals surface area contributed by atoms with Gasteiger partial charge in [0.15, 0.2) is 17.5 Å². The van der Waals surface area contributed by atoms with Crippen LogP contribution in [0.15, 0.2) is 23.2 Å². The smallest absolute Gasteiger partial charge is 0.193 e. The predicted octanol–water partition coefficient (Wildman–Crippen LogP) is 3.19. The van der Waals surface area contributed by atoms with Gasteiger partial charge in [-0.25, -0.2) is 0 Å². The van der Waals surface area contributed by atoms with Gasteiger partial charge in [-0.05, 0) is 44.4 Å². The lowest BCUT2D eigenvalue weighted by Crippen LogP contribution is -2.42. The van der Waals surface area contributed by atoms with Crippen LogP contribution >= 0.6 is 24.0 Å². The van der Waals surface area contributed by atoms with Crippen LogP contribution < -0.4 is 14.8 Å². The third kappa shape index (κ3) is 7.73. The average Bonchev–Trinajstić information content (AvgIpc) is 3.14. The van der Waals surface area contributed by atoms with E-state index in [9.17, 15) is 0 Å². The molecule has 7 heteroatoms. The van der Waals surface area contributed by atoms with Crippen LogP contribution in [0.5, 0.6) is 11.5 Å². The van der Waals surface area contributed by atoms with E-state index in [-0.39, 0.29) is 24.0 Å². The van der Waals surface area contributed by atoms with Gasteiger partial charge in [-0.3, -0.25) is 4.99 Å². The molecular weight excluding hydrogens is 457 g/mol. The molecule has 0 amide bonds. The van der Waals surface area contributed by atoms with Crippen LogP contribution in [0.4, 0.5) is 0 Å². The second kappa shape index (κ2) is 13.0. The van der Waals surface area contributed by atoms with Crippen LogP contribution in [0.2, 0.25) is 0 Å². The van der Waals surface area contributed by atoms with Crippen molar-refractivity contribution in [3.8, 4) is 11.5 Å². The Balaban J connectivity index is 0.00000364. The molecule has 0 aliphatic carbocycles. The molecule has 1 aliphatic rings. The van der Waals surface area contributed by atoms with Gasteiger partial charge in [-0.1, -0.05) is 6.07 Å². The highest BCUT2D eigenvalue weighted by Crippen LogP contribution is 2.28. The van der Waals surface area contributed by atoms with Gasteiger partial charge in [0, 0.05) is 39.7 Å². The molecule has 0 spiro atoms. The van der Waals surface area contributed by atoms with Crippen LogP contribution in [0.3, 0.4) is 0 Å². The van der Waals surface area contributed by atoms with E-state index >= 15 is 0 Å². The first kappa shape index (κ1) is 23.8. The van der Waals surface area contributed by atoms with Gasteiger partial charge in [-0.15, -0.1) is 24.0 Å². The lowest BCUT2D eigenvalue weighted by Gasteiger charge is -2.24. The summed E-state index contributed by atoms with van der Waals surface area (Å²) in [6.45, 7) is 8.75. The van der Waals surface area contributed by atoms with Gasteiger partial charge in [0.05, 0.1) is 19.8 Å². The number of halogens is 1. The highest BCUT2D eigenvalue weighted by molar-refractivity contribution is 14.0. The number of nitrogens with one attached hydrogen (secondary N) is 1. The second-order valence-electron chi connectivity index (χ2n) is 6.48. The highest BCUT2D eigenvalue weighted by Gasteiger charge is 2.19. The lowest BCUT2D eigenvalue weighted by atomic mass is 10.1. The number of nitrogens with zero attached hydrogens (tertiary/aromatic N) is 2. The van der Waals surface area contributed by atoms with Gasteiger partial charge < -0.3 is 24.4 Å². The second-order valence-corrected chi connectivity index (χ2v) is 6.48. The number of guanidine groups is 1. The van der Waals surface area contributed by atoms with E-state index in [2.05, 4.69) is 34.4 Å². The molecule has 1 N–H and O–H groups in total. The average molecular weight is 491 g/mol. The summed E-state index contributed by atoms with van der Waals surface area (Å²) in [5.74, 6) is 3.14. The molecule has 27 heavy (non-hydrogen) atoms. The Bertz CT molecular complexity index is 578. The van der Waals surface area contributed by atoms with Crippen molar-refractivity contribution in [1.82, 2.24) is 10.2 Å². The first-order valence-electron chi connectivity index (χ1n) is 9.55. The summed E-state index contributed by atoms with van der Waals surface area (Å²) in [7, 11) is 3.91. The number of aliphatic imine (C=N–C) groups is 1. The molecule has 0 radical (unpaired) electrons. The maximum absolute atomic E-state index is 5.70. The largest absolute Gasteiger partial charge is 0.490 e. The van der Waals surface area contributed by atoms with Crippen molar-refractivity contribution in [2.45, 2.75) is 26.7 Å². The van der Waals surface area contributed by atoms with E-state index in [1.165, 1.54) is 5.56 Å². The SMILES string of the molecule is CCOc1ccc(CCNC(=NC)N(C)CC2CCOC2)cc1OCC.I. The maximum atomic E-state index is 5.70. The van der Waals surface area contributed by atoms with Crippen molar-refractivity contribution < 1.29 is 14.2 Å². The summed E-state index contributed by atoms with van der Waals surface area (Å²) in [6, 6.07) is 6.15. The van der Waals surface area contributed by atoms with Crippen LogP contribution in [-0.4, -0.2) is 64.5 Å². The lowest BCUT2D eigenvalue weighted by molar-refractivity contribution is 0.181. The molecule has 1 aliphatic heterocycles. The fourth-order valence-electron chi connectivity index (χ4n) is 3.16. The first-order valence-corrected chi connectivity index (χ1v) is 9.55. The van der Waals surface area contributed by atoms with Gasteiger partial charge in [-0.2, -0.15) is 0 Å². The molecule has 154 valence electrons. The van der Waals surface area contributed by atoms with E-state index < -0.39 is 0 Å². The summed E-state index contributed by atoms with van der Waals surface area (Å²) < 4.78 is 16.8. The fraction of sp³-hybridized carbons (Fsp3) is 0.650. The fourth-order valence-corrected chi connectivity index (χ4v) is 3.16. The summed E-state index contributed by atoms with van der Waals surface area (Å²) >= 11 is 0. The highest BCUT2D eigenvalue weighted by atomic mass is 127. The zero-order valence-corrected chi connectivity index (χ0v) is 19.3. The summed E-state index contributed by atoms with van der Waals surface area (Å²) in [5, 5.41) is 3.45. The Morgan fingerprint density at radius 1 is 1.26 bits per heavy atom. The molecular formula is C20H34IN3O3. The quantitative estimate of drug-likeness (QED) is 0.327. The molecule has 1 aromatic rings. The molecule has 1 unspecified atom stereocenters. The molecule has 0 aromatic heterocycles. The van der Waals surface area contributed by atoms with Crippen molar-refractivity contribution in [1.29, 1.82) is 0 Å². The van der Waals surface area contributed by atoms with Crippen LogP contribution in [-0.2, 0) is 11.2 Å². The maximum Gasteiger partial charge on any atom is 0.193 e. The number of rotatable bonds is 9. The Kier molecular flexibility index (Phi) is 11.5. The van der Waals surface area contributed by atoms with E-state index in [0.717, 1.165) is 56.6 Å². The van der Waals surface area contributed by atoms with Crippen LogP contribution in [0.25, 0.3) is 0 Å². The summed E-state index contributed by atoms with van der Waals surface area (Å²) in [6.07, 6.45) is 2.03. The van der Waals surface area contributed by atoms with Crippen molar-refractivity contribution in [2.24, 2.45) is 10.9 Å². The Hall–Kier alpha value is -1.22. The normalized spacial score (nSPS) is 16.6. The minimum absolute atomic E-state index is 0. The van der Waals surface area contributed by atoms with Crippen molar-refractivity contribution in [3.63, 3.8) is 0 Å². The number of hydrogen-bond acceptors (Lipinski definition) is 4. The predicted molar refractivity (Wildman–Crippen MR) is 121 cm³/mol. The molecule has 0 saturated carbocycles. The van der Waals surface area contributed by atoms with Crippen molar-refractivity contribution >= 4 is 29.9 Å². The third-order valence-corrected chi connectivity index (χ3v) is 4.43. The van der Waals surface area contributed by atoms with Gasteiger partial charge in [0.25, 0.3) is 0 Å². The standard InChI is InChI=1S/C20H33N3O3.HI/c1-5-25-18-8-7-16(13-19(18)26-6-2)9-11-22-20(21-3)23(4)14-17-10-12-24-15-17;/h7-8,13,17H,5-6,9-12,14-15H2,1-4H3,(H,21,22);1H.